The second-order valence-corrected chi connectivity index (χ2v) is 29.0. The zero-order chi connectivity index (χ0) is 63.3. The number of rotatable bonds is 22. The molecular weight excluding hydrogens is 1140 g/mol. The van der Waals surface area contributed by atoms with E-state index in [1.807, 2.05) is 6.92 Å². The summed E-state index contributed by atoms with van der Waals surface area (Å²) in [5, 5.41) is 134. The third-order valence-corrected chi connectivity index (χ3v) is 23.3. The molecule has 0 aromatic rings. The minimum atomic E-state index is -1.96. The van der Waals surface area contributed by atoms with E-state index in [2.05, 4.69) is 46.0 Å². The molecule has 0 aromatic carbocycles. The fraction of sp³-hybridized carbons (Fsp3) is 0.921. The highest BCUT2D eigenvalue weighted by atomic mass is 16.8. The molecular formula is C63H103NO23. The van der Waals surface area contributed by atoms with Crippen molar-refractivity contribution in [1.29, 1.82) is 0 Å². The first-order valence-electron chi connectivity index (χ1n) is 32.3. The standard InChI is InChI=1S/C63H103NO23/c1-32-51(85-54-48(76)44(72)35(68)30-81-54)47(75)50(78)55(82-32)86-52-46(74)43(64-42(71)16-14-12-10-8-9-11-13-15-25-80-53-49(77)45(73)37(29-66)84-53)36(28-65)83-56(52)87-57(79)63-24-23-58(2,3)26-34(63)33-17-18-39-59(4)21-20-40(69)60(5,31-67)38(59)19-22-61(39,6)62(33,7)27-41(63)70/h17,31-32,34-41,43-56,65-66,68-70,72-78H,8-16,18-30H2,1-7H3,(H,64,71)/t32?,34?,35-,36?,37+,38-,39?,40+,41-,43+,44?,45?,46?,47?,48?,49?,50?,51+,52?,53-,54+,55+,56+,59?,60?,61+,62-,63-/m1/s1. The van der Waals surface area contributed by atoms with Gasteiger partial charge in [-0.3, -0.25) is 9.59 Å². The fourth-order valence-electron chi connectivity index (χ4n) is 17.7. The van der Waals surface area contributed by atoms with Gasteiger partial charge in [-0.05, 0) is 117 Å². The molecule has 24 nitrogen and oxygen atoms in total. The number of aliphatic hydroxyl groups is 12. The first-order chi connectivity index (χ1) is 41.1. The monoisotopic (exact) mass is 1240 g/mol. The molecule has 4 aliphatic heterocycles. The van der Waals surface area contributed by atoms with Gasteiger partial charge in [-0.2, -0.15) is 0 Å². The minimum Gasteiger partial charge on any atom is -0.432 e. The molecule has 8 fully saturated rings. The molecule has 0 spiro atoms. The number of aldehydes is 1. The average Bonchev–Trinajstić information content (AvgIpc) is 0.957. The third kappa shape index (κ3) is 12.8. The Labute approximate surface area is 510 Å². The molecule has 1 amide bonds. The summed E-state index contributed by atoms with van der Waals surface area (Å²) in [6.07, 6.45) is -13.2. The Bertz CT molecular complexity index is 2390. The van der Waals surface area contributed by atoms with Gasteiger partial charge in [0.05, 0.1) is 49.6 Å². The van der Waals surface area contributed by atoms with E-state index in [1.165, 1.54) is 6.92 Å². The molecule has 87 heavy (non-hydrogen) atoms. The number of ether oxygens (including phenoxy) is 8. The molecule has 0 radical (unpaired) electrons. The highest BCUT2D eigenvalue weighted by Crippen LogP contribution is 2.76. The molecule has 4 saturated heterocycles. The lowest BCUT2D eigenvalue weighted by atomic mass is 9.33. The molecule has 24 heteroatoms. The summed E-state index contributed by atoms with van der Waals surface area (Å²) in [4.78, 5) is 42.3. The summed E-state index contributed by atoms with van der Waals surface area (Å²) in [5.41, 5.74) is -2.95. The van der Waals surface area contributed by atoms with Crippen LogP contribution in [0.3, 0.4) is 0 Å². The van der Waals surface area contributed by atoms with Crippen molar-refractivity contribution < 1.29 is 114 Å². The predicted octanol–water partition coefficient (Wildman–Crippen LogP) is 1.05. The molecule has 498 valence electrons. The largest absolute Gasteiger partial charge is 0.432 e. The van der Waals surface area contributed by atoms with E-state index in [-0.39, 0.29) is 47.3 Å². The maximum absolute atomic E-state index is 15.7. The summed E-state index contributed by atoms with van der Waals surface area (Å²) < 4.78 is 47.5. The normalized spacial score (nSPS) is 48.6. The number of hydrogen-bond acceptors (Lipinski definition) is 23. The Hall–Kier alpha value is -2.41. The first kappa shape index (κ1) is 68.9. The Morgan fingerprint density at radius 1 is 0.644 bits per heavy atom. The SMILES string of the molecule is CC1O[C@@H](OC2C(O)[C@@H](NC(=O)CCCCCCCCCCO[C@@H]3O[C@@H](CO)C(O)C3O)C(CO)O[C@H]2OC(=O)[C@]23CCC(C)(C)CC2C2=CCC4C5(C)CC[C@H](O)C(C)(C=O)[C@@H]5CC[C@]4(C)[C@]2(C)C[C@H]3O)C(O)C(O)[C@H]1O[C@@H]1OC[C@@H](O)C(O)C1O. The van der Waals surface area contributed by atoms with Crippen molar-refractivity contribution in [2.45, 2.75) is 287 Å². The van der Waals surface area contributed by atoms with Gasteiger partial charge in [0, 0.05) is 13.0 Å². The van der Waals surface area contributed by atoms with Gasteiger partial charge in [-0.15, -0.1) is 0 Å². The van der Waals surface area contributed by atoms with Gasteiger partial charge in [0.25, 0.3) is 0 Å². The lowest BCUT2D eigenvalue weighted by Gasteiger charge is -2.71. The van der Waals surface area contributed by atoms with Crippen LogP contribution in [0.4, 0.5) is 0 Å². The number of nitrogens with one attached hydrogen (secondary N) is 1. The Kier molecular flexibility index (Phi) is 21.6. The number of hydrogen-bond donors (Lipinski definition) is 13. The second kappa shape index (κ2) is 27.3. The second-order valence-electron chi connectivity index (χ2n) is 29.0. The van der Waals surface area contributed by atoms with Crippen LogP contribution in [0.25, 0.3) is 0 Å². The molecule has 13 N–H and O–H groups in total. The minimum absolute atomic E-state index is 0.0439. The molecule has 9 aliphatic rings. The number of aliphatic hydroxyl groups excluding tert-OH is 12. The van der Waals surface area contributed by atoms with Gasteiger partial charge < -0.3 is 109 Å². The Morgan fingerprint density at radius 3 is 1.94 bits per heavy atom. The van der Waals surface area contributed by atoms with E-state index in [1.54, 1.807) is 0 Å². The van der Waals surface area contributed by atoms with Crippen LogP contribution in [-0.4, -0.2) is 229 Å². The van der Waals surface area contributed by atoms with Gasteiger partial charge in [0.1, 0.15) is 78.8 Å². The Balaban J connectivity index is 0.901. The lowest BCUT2D eigenvalue weighted by Crippen LogP contribution is -2.69. The Morgan fingerprint density at radius 2 is 1.28 bits per heavy atom. The van der Waals surface area contributed by atoms with Crippen LogP contribution in [-0.2, 0) is 52.3 Å². The van der Waals surface area contributed by atoms with Gasteiger partial charge in [0.15, 0.2) is 25.0 Å². The zero-order valence-corrected chi connectivity index (χ0v) is 51.8. The van der Waals surface area contributed by atoms with Gasteiger partial charge >= 0.3 is 5.97 Å². The predicted molar refractivity (Wildman–Crippen MR) is 306 cm³/mol. The van der Waals surface area contributed by atoms with Crippen LogP contribution in [0.1, 0.15) is 164 Å². The van der Waals surface area contributed by atoms with Crippen molar-refractivity contribution in [1.82, 2.24) is 5.32 Å². The van der Waals surface area contributed by atoms with Crippen molar-refractivity contribution >= 4 is 18.2 Å². The summed E-state index contributed by atoms with van der Waals surface area (Å²) in [6, 6.07) is -1.38. The fourth-order valence-corrected chi connectivity index (χ4v) is 17.7. The quantitative estimate of drug-likeness (QED) is 0.0312. The summed E-state index contributed by atoms with van der Waals surface area (Å²) in [6.45, 7) is 13.1. The van der Waals surface area contributed by atoms with E-state index in [0.29, 0.717) is 58.0 Å². The number of amides is 1. The van der Waals surface area contributed by atoms with E-state index in [4.69, 9.17) is 37.9 Å². The summed E-state index contributed by atoms with van der Waals surface area (Å²) >= 11 is 0. The average molecular weight is 1240 g/mol. The lowest BCUT2D eigenvalue weighted by molar-refractivity contribution is -0.370. The van der Waals surface area contributed by atoms with Crippen LogP contribution >= 0.6 is 0 Å². The molecule has 14 unspecified atom stereocenters. The van der Waals surface area contributed by atoms with E-state index in [9.17, 15) is 70.9 Å². The molecule has 28 atom stereocenters. The van der Waals surface area contributed by atoms with Crippen LogP contribution in [0.5, 0.6) is 0 Å². The topological polar surface area (TPSA) is 380 Å². The number of esters is 1. The molecule has 0 aromatic heterocycles. The number of carbonyl (C=O) groups is 3. The smallest absolute Gasteiger partial charge is 0.317 e. The first-order valence-corrected chi connectivity index (χ1v) is 32.3. The van der Waals surface area contributed by atoms with Crippen LogP contribution in [0.15, 0.2) is 11.6 Å². The molecule has 0 bridgehead atoms. The van der Waals surface area contributed by atoms with Crippen molar-refractivity contribution in [2.75, 3.05) is 26.4 Å². The third-order valence-electron chi connectivity index (χ3n) is 23.3. The number of allylic oxidation sites excluding steroid dienone is 2. The highest BCUT2D eigenvalue weighted by Gasteiger charge is 2.72. The van der Waals surface area contributed by atoms with E-state index >= 15 is 4.79 Å². The summed E-state index contributed by atoms with van der Waals surface area (Å²) in [5.74, 6) is -1.80. The number of unbranched alkanes of at least 4 members (excludes halogenated alkanes) is 7. The van der Waals surface area contributed by atoms with Crippen LogP contribution < -0.4 is 5.32 Å². The summed E-state index contributed by atoms with van der Waals surface area (Å²) in [7, 11) is 0. The van der Waals surface area contributed by atoms with E-state index < -0.39 is 177 Å². The molecule has 9 rings (SSSR count). The van der Waals surface area contributed by atoms with Crippen molar-refractivity contribution in [2.24, 2.45) is 50.2 Å². The van der Waals surface area contributed by atoms with Gasteiger partial charge in [-0.25, -0.2) is 0 Å². The van der Waals surface area contributed by atoms with Crippen LogP contribution in [0, 0.1) is 50.2 Å². The maximum atomic E-state index is 15.7. The van der Waals surface area contributed by atoms with Gasteiger partial charge in [0.2, 0.25) is 12.2 Å². The van der Waals surface area contributed by atoms with Crippen molar-refractivity contribution in [3.05, 3.63) is 11.6 Å². The molecule has 5 aliphatic carbocycles. The van der Waals surface area contributed by atoms with Gasteiger partial charge in [-0.1, -0.05) is 91.7 Å². The zero-order valence-electron chi connectivity index (χ0n) is 51.8. The van der Waals surface area contributed by atoms with Crippen molar-refractivity contribution in [3.63, 3.8) is 0 Å². The maximum Gasteiger partial charge on any atom is 0.317 e. The number of fused-ring (bicyclic) bond motifs is 7. The highest BCUT2D eigenvalue weighted by molar-refractivity contribution is 5.80. The number of carbonyl (C=O) groups excluding carboxylic acids is 3. The molecule has 4 saturated carbocycles. The molecule has 4 heterocycles. The van der Waals surface area contributed by atoms with Crippen molar-refractivity contribution in [3.8, 4) is 0 Å². The van der Waals surface area contributed by atoms with E-state index in [0.717, 1.165) is 56.8 Å². The van der Waals surface area contributed by atoms with Crippen LogP contribution in [0.2, 0.25) is 0 Å².